The molecule has 3 aliphatic rings. The van der Waals surface area contributed by atoms with Crippen molar-refractivity contribution < 1.29 is 63.5 Å². The number of carbonyl (C=O) groups is 2. The fourth-order valence-corrected chi connectivity index (χ4v) is 11.3. The van der Waals surface area contributed by atoms with Crippen molar-refractivity contribution in [2.24, 2.45) is 23.7 Å². The maximum Gasteiger partial charge on any atom is 0.309 e. The lowest BCUT2D eigenvalue weighted by atomic mass is 9.68. The minimum atomic E-state index is -1.82. The number of hydrogen-bond donors (Lipinski definition) is 5. The van der Waals surface area contributed by atoms with Gasteiger partial charge >= 0.3 is 5.97 Å². The summed E-state index contributed by atoms with van der Waals surface area (Å²) in [5.41, 5.74) is -3.12. The highest BCUT2D eigenvalue weighted by Gasteiger charge is 2.55. The number of aliphatic hydroxyl groups excluding tert-OH is 3. The molecular formula is C51H85N5O13. The number of hydrogen-bond acceptors (Lipinski definition) is 17. The van der Waals surface area contributed by atoms with Crippen LogP contribution in [-0.2, 0) is 41.4 Å². The molecule has 3 saturated heterocycles. The van der Waals surface area contributed by atoms with Crippen LogP contribution in [0.25, 0.3) is 0 Å². The Kier molecular flexibility index (Phi) is 19.4. The summed E-state index contributed by atoms with van der Waals surface area (Å²) in [6.45, 7) is 21.2. The molecule has 0 amide bonds. The molecule has 0 spiro atoms. The molecule has 1 aromatic heterocycles. The summed E-state index contributed by atoms with van der Waals surface area (Å²) in [6.07, 6.45) is -4.98. The van der Waals surface area contributed by atoms with E-state index in [2.05, 4.69) is 15.2 Å². The van der Waals surface area contributed by atoms with Crippen LogP contribution in [0.4, 0.5) is 0 Å². The third-order valence-electron chi connectivity index (χ3n) is 15.6. The Morgan fingerprint density at radius 1 is 1.01 bits per heavy atom. The number of Topliss-reactive ketones (excluding diaryl/α,β-unsaturated/α-hetero) is 1. The van der Waals surface area contributed by atoms with Gasteiger partial charge in [0.1, 0.15) is 42.4 Å². The van der Waals surface area contributed by atoms with E-state index in [0.717, 1.165) is 5.69 Å². The van der Waals surface area contributed by atoms with Crippen LogP contribution in [0.1, 0.15) is 118 Å². The van der Waals surface area contributed by atoms with Crippen LogP contribution < -0.4 is 4.74 Å². The van der Waals surface area contributed by atoms with E-state index in [0.29, 0.717) is 50.4 Å². The molecule has 69 heavy (non-hydrogen) atoms. The molecule has 1 unspecified atom stereocenters. The molecule has 0 radical (unpaired) electrons. The predicted molar refractivity (Wildman–Crippen MR) is 257 cm³/mol. The summed E-state index contributed by atoms with van der Waals surface area (Å²) in [5, 5.41) is 68.6. The van der Waals surface area contributed by atoms with E-state index in [1.54, 1.807) is 63.6 Å². The van der Waals surface area contributed by atoms with E-state index < -0.39 is 102 Å². The number of rotatable bonds is 14. The average molecular weight is 976 g/mol. The van der Waals surface area contributed by atoms with Crippen molar-refractivity contribution in [3.8, 4) is 5.75 Å². The van der Waals surface area contributed by atoms with Gasteiger partial charge in [-0.05, 0) is 106 Å². The summed E-state index contributed by atoms with van der Waals surface area (Å²) in [6, 6.07) is 6.08. The molecule has 392 valence electrons. The molecule has 5 rings (SSSR count). The average Bonchev–Trinajstić information content (AvgIpc) is 3.75. The van der Waals surface area contributed by atoms with Gasteiger partial charge in [-0.25, -0.2) is 4.68 Å². The Labute approximate surface area is 409 Å². The summed E-state index contributed by atoms with van der Waals surface area (Å²) in [5.74, 6) is -2.58. The largest absolute Gasteiger partial charge is 0.492 e. The third kappa shape index (κ3) is 13.5. The second kappa shape index (κ2) is 23.6. The van der Waals surface area contributed by atoms with Gasteiger partial charge in [0.25, 0.3) is 0 Å². The fraction of sp³-hybridized carbons (Fsp3) is 0.804. The van der Waals surface area contributed by atoms with E-state index >= 15 is 0 Å². The molecule has 18 heteroatoms. The van der Waals surface area contributed by atoms with Gasteiger partial charge in [-0.2, -0.15) is 0 Å². The highest BCUT2D eigenvalue weighted by Crippen LogP contribution is 2.45. The summed E-state index contributed by atoms with van der Waals surface area (Å²) >= 11 is 0. The molecule has 3 aliphatic heterocycles. The van der Waals surface area contributed by atoms with E-state index in [1.165, 1.54) is 21.0 Å². The summed E-state index contributed by atoms with van der Waals surface area (Å²) in [4.78, 5) is 30.4. The van der Waals surface area contributed by atoms with Gasteiger partial charge < -0.3 is 63.8 Å². The van der Waals surface area contributed by atoms with Crippen molar-refractivity contribution in [1.29, 1.82) is 0 Å². The number of esters is 1. The van der Waals surface area contributed by atoms with E-state index in [1.807, 2.05) is 52.9 Å². The number of ketones is 1. The van der Waals surface area contributed by atoms with Crippen molar-refractivity contribution in [2.45, 2.75) is 199 Å². The molecule has 18 atom stereocenters. The maximum atomic E-state index is 14.6. The molecular weight excluding hydrogens is 891 g/mol. The van der Waals surface area contributed by atoms with E-state index in [9.17, 15) is 35.1 Å². The van der Waals surface area contributed by atoms with Gasteiger partial charge in [-0.1, -0.05) is 45.0 Å². The minimum Gasteiger partial charge on any atom is -0.492 e. The zero-order valence-corrected chi connectivity index (χ0v) is 43.6. The predicted octanol–water partition coefficient (Wildman–Crippen LogP) is 3.66. The van der Waals surface area contributed by atoms with Crippen LogP contribution in [0.5, 0.6) is 5.75 Å². The first kappa shape index (κ1) is 56.8. The Balaban J connectivity index is 1.42. The fourth-order valence-electron chi connectivity index (χ4n) is 11.3. The smallest absolute Gasteiger partial charge is 0.309 e. The third-order valence-corrected chi connectivity index (χ3v) is 15.6. The van der Waals surface area contributed by atoms with Gasteiger partial charge in [0, 0.05) is 62.8 Å². The second-order valence-electron chi connectivity index (χ2n) is 21.4. The summed E-state index contributed by atoms with van der Waals surface area (Å²) < 4.78 is 39.7. The van der Waals surface area contributed by atoms with Crippen molar-refractivity contribution >= 4 is 11.8 Å². The lowest BCUT2D eigenvalue weighted by molar-refractivity contribution is -0.302. The van der Waals surface area contributed by atoms with Crippen LogP contribution >= 0.6 is 0 Å². The van der Waals surface area contributed by atoms with Gasteiger partial charge in [-0.3, -0.25) is 9.59 Å². The molecule has 0 saturated carbocycles. The molecule has 5 N–H and O–H groups in total. The SMILES string of the molecule is CC[C@H]1OC(=O)[C@H](C)C([C@H]2C[C@@](C)(OC)[C@@H](O)[C@H](C)O2)[C@H](C)[C@@H](O[C@@H]2O[C@H](C)C[C@H](N(C)CCc3cn(CCOc4cccc(C(C)=O)c4)nn3)[C@H]2O)[C@](C)(O)C[C@@H](C)CN(C)[C@H](C)[C@@H](O)[C@]1(C)O. The van der Waals surface area contributed by atoms with Crippen LogP contribution in [-0.4, -0.2) is 187 Å². The quantitative estimate of drug-likeness (QED) is 0.134. The van der Waals surface area contributed by atoms with E-state index in [4.69, 9.17) is 28.4 Å². The highest BCUT2D eigenvalue weighted by molar-refractivity contribution is 5.94. The molecule has 0 bridgehead atoms. The number of carbonyl (C=O) groups excluding carboxylic acids is 2. The van der Waals surface area contributed by atoms with Crippen molar-refractivity contribution in [3.05, 3.63) is 41.7 Å². The van der Waals surface area contributed by atoms with Gasteiger partial charge in [0.05, 0.1) is 53.8 Å². The first-order valence-corrected chi connectivity index (χ1v) is 25.0. The zero-order chi connectivity index (χ0) is 51.3. The van der Waals surface area contributed by atoms with Gasteiger partial charge in [0.15, 0.2) is 12.1 Å². The van der Waals surface area contributed by atoms with Gasteiger partial charge in [-0.15, -0.1) is 5.10 Å². The Morgan fingerprint density at radius 3 is 2.36 bits per heavy atom. The standard InChI is InChI=1S/C51H85N5O13/c1-15-41-51(11,63)44(59)33(6)55(13)27-29(2)25-49(9,62)46(31(4)42(32(5)47(61)68-41)40-26-50(10,64-14)45(60)35(8)67-40)69-48-43(58)39(23-30(3)66-48)54(12)20-19-37-28-56(53-52-37)21-22-65-38-18-16-17-36(24-38)34(7)57/h16-18,24,28-33,35,39-46,48,58-60,62-63H,15,19-23,25-27H2,1-14H3/t29-,30-,31+,32-,33-,35+,39+,40-,41-,42?,43-,44-,45+,46-,48+,49-,50-,51-/m1/s1. The second-order valence-corrected chi connectivity index (χ2v) is 21.4. The monoisotopic (exact) mass is 976 g/mol. The van der Waals surface area contributed by atoms with E-state index in [-0.39, 0.29) is 37.1 Å². The molecule has 3 fully saturated rings. The number of ether oxygens (including phenoxy) is 6. The number of likely N-dealkylation sites (N-methyl/N-ethyl adjacent to an activating group) is 2. The Morgan fingerprint density at radius 2 is 1.71 bits per heavy atom. The number of aliphatic hydroxyl groups is 5. The van der Waals surface area contributed by atoms with Crippen molar-refractivity contribution in [3.63, 3.8) is 0 Å². The topological polar surface area (TPSA) is 228 Å². The maximum absolute atomic E-state index is 14.6. The van der Waals surface area contributed by atoms with Crippen molar-refractivity contribution in [2.75, 3.05) is 40.9 Å². The molecule has 18 nitrogen and oxygen atoms in total. The van der Waals surface area contributed by atoms with Crippen LogP contribution in [0.3, 0.4) is 0 Å². The van der Waals surface area contributed by atoms with Crippen LogP contribution in [0, 0.1) is 23.7 Å². The lowest BCUT2D eigenvalue weighted by Gasteiger charge is -2.51. The highest BCUT2D eigenvalue weighted by atomic mass is 16.7. The Bertz CT molecular complexity index is 1970. The molecule has 4 heterocycles. The molecule has 0 aliphatic carbocycles. The zero-order valence-electron chi connectivity index (χ0n) is 43.6. The molecule has 1 aromatic carbocycles. The normalized spacial score (nSPS) is 40.2. The van der Waals surface area contributed by atoms with Gasteiger partial charge in [0.2, 0.25) is 0 Å². The first-order chi connectivity index (χ1) is 32.2. The summed E-state index contributed by atoms with van der Waals surface area (Å²) in [7, 11) is 5.31. The number of benzene rings is 1. The minimum absolute atomic E-state index is 0.0347. The van der Waals surface area contributed by atoms with Crippen molar-refractivity contribution in [1.82, 2.24) is 24.8 Å². The number of nitrogens with zero attached hydrogens (tertiary/aromatic N) is 5. The Hall–Kier alpha value is -3.14. The number of methoxy groups -OCH3 is 1. The lowest BCUT2D eigenvalue weighted by Crippen LogP contribution is -2.62. The van der Waals surface area contributed by atoms with Crippen LogP contribution in [0.2, 0.25) is 0 Å². The number of aromatic nitrogens is 3. The van der Waals surface area contributed by atoms with Crippen LogP contribution in [0.15, 0.2) is 30.5 Å². The molecule has 2 aromatic rings. The first-order valence-electron chi connectivity index (χ1n) is 25.0. The number of cyclic esters (lactones) is 1.